The van der Waals surface area contributed by atoms with Crippen molar-refractivity contribution in [2.45, 2.75) is 18.6 Å². The molecule has 1 fully saturated rings. The molecule has 0 spiro atoms. The quantitative estimate of drug-likeness (QED) is 0.446. The van der Waals surface area contributed by atoms with Crippen LogP contribution in [0, 0.1) is 0 Å². The third-order valence-electron chi connectivity index (χ3n) is 2.04. The van der Waals surface area contributed by atoms with E-state index in [1.807, 2.05) is 6.08 Å². The summed E-state index contributed by atoms with van der Waals surface area (Å²) in [6, 6.07) is 0.727. The van der Waals surface area contributed by atoms with Crippen LogP contribution in [0.5, 0.6) is 0 Å². The molecule has 0 saturated carbocycles. The summed E-state index contributed by atoms with van der Waals surface area (Å²) in [5.41, 5.74) is 0. The molecule has 0 aliphatic carbocycles. The molecule has 0 aromatic rings. The van der Waals surface area contributed by atoms with E-state index in [0.717, 1.165) is 12.6 Å². The Morgan fingerprint density at radius 3 is 3.50 bits per heavy atom. The summed E-state index contributed by atoms with van der Waals surface area (Å²) < 4.78 is 0. The predicted octanol–water partition coefficient (Wildman–Crippen LogP) is 0.690. The first-order chi connectivity index (χ1) is 4.92. The van der Waals surface area contributed by atoms with Gasteiger partial charge in [-0.15, -0.1) is 6.58 Å². The highest BCUT2D eigenvalue weighted by Crippen LogP contribution is 2.24. The molecule has 2 rings (SSSR count). The zero-order valence-electron chi connectivity index (χ0n) is 5.96. The third kappa shape index (κ3) is 0.847. The molecule has 2 heterocycles. The lowest BCUT2D eigenvalue weighted by molar-refractivity contribution is 0.379. The van der Waals surface area contributed by atoms with Crippen LogP contribution < -0.4 is 5.32 Å². The second-order valence-corrected chi connectivity index (χ2v) is 2.82. The molecule has 2 heteroatoms. The maximum atomic E-state index is 3.70. The van der Waals surface area contributed by atoms with Gasteiger partial charge in [-0.25, -0.2) is 0 Å². The highest BCUT2D eigenvalue weighted by molar-refractivity contribution is 5.10. The summed E-state index contributed by atoms with van der Waals surface area (Å²) in [5, 5.41) is 3.38. The van der Waals surface area contributed by atoms with Crippen molar-refractivity contribution in [2.24, 2.45) is 0 Å². The van der Waals surface area contributed by atoms with Crippen LogP contribution in [0.1, 0.15) is 6.42 Å². The summed E-state index contributed by atoms with van der Waals surface area (Å²) >= 11 is 0. The van der Waals surface area contributed by atoms with Gasteiger partial charge in [0.25, 0.3) is 0 Å². The molecular weight excluding hydrogens is 124 g/mol. The van der Waals surface area contributed by atoms with Crippen LogP contribution >= 0.6 is 0 Å². The van der Waals surface area contributed by atoms with Crippen LogP contribution in [-0.4, -0.2) is 23.7 Å². The van der Waals surface area contributed by atoms with Crippen LogP contribution in [0.25, 0.3) is 0 Å². The SMILES string of the molecule is C=CCN1C=CCC2NC21. The van der Waals surface area contributed by atoms with E-state index < -0.39 is 0 Å². The van der Waals surface area contributed by atoms with Gasteiger partial charge in [-0.05, 0) is 12.6 Å². The Balaban J connectivity index is 2.00. The first kappa shape index (κ1) is 5.98. The van der Waals surface area contributed by atoms with Crippen molar-refractivity contribution in [3.8, 4) is 0 Å². The molecule has 2 aliphatic rings. The molecule has 10 heavy (non-hydrogen) atoms. The molecule has 2 nitrogen and oxygen atoms in total. The van der Waals surface area contributed by atoms with Crippen LogP contribution in [0.3, 0.4) is 0 Å². The van der Waals surface area contributed by atoms with Crippen LogP contribution in [0.4, 0.5) is 0 Å². The summed E-state index contributed by atoms with van der Waals surface area (Å²) in [4.78, 5) is 2.28. The Labute approximate surface area is 61.2 Å². The number of hydrogen-bond acceptors (Lipinski definition) is 2. The fourth-order valence-electron chi connectivity index (χ4n) is 1.45. The van der Waals surface area contributed by atoms with E-state index in [1.54, 1.807) is 0 Å². The standard InChI is InChI=1S/C8H12N2/c1-2-5-10-6-3-4-7-8(10)9-7/h2-3,6-9H,1,4-5H2. The predicted molar refractivity (Wildman–Crippen MR) is 41.4 cm³/mol. The van der Waals surface area contributed by atoms with Gasteiger partial charge >= 0.3 is 0 Å². The van der Waals surface area contributed by atoms with Gasteiger partial charge in [0.15, 0.2) is 0 Å². The lowest BCUT2D eigenvalue weighted by Gasteiger charge is -2.19. The number of nitrogens with one attached hydrogen (secondary N) is 1. The van der Waals surface area contributed by atoms with E-state index in [2.05, 4.69) is 29.1 Å². The highest BCUT2D eigenvalue weighted by atomic mass is 15.4. The molecule has 2 aliphatic heterocycles. The number of nitrogens with zero attached hydrogens (tertiary/aromatic N) is 1. The first-order valence-corrected chi connectivity index (χ1v) is 3.71. The fourth-order valence-corrected chi connectivity index (χ4v) is 1.45. The fraction of sp³-hybridized carbons (Fsp3) is 0.500. The molecule has 54 valence electrons. The topological polar surface area (TPSA) is 25.2 Å². The van der Waals surface area contributed by atoms with Gasteiger partial charge in [0, 0.05) is 12.6 Å². The normalized spacial score (nSPS) is 35.4. The van der Waals surface area contributed by atoms with E-state index in [1.165, 1.54) is 6.42 Å². The first-order valence-electron chi connectivity index (χ1n) is 3.71. The van der Waals surface area contributed by atoms with Gasteiger partial charge in [-0.3, -0.25) is 5.32 Å². The minimum Gasteiger partial charge on any atom is -0.357 e. The summed E-state index contributed by atoms with van der Waals surface area (Å²) in [5.74, 6) is 0. The Morgan fingerprint density at radius 1 is 1.80 bits per heavy atom. The van der Waals surface area contributed by atoms with Crippen molar-refractivity contribution in [3.63, 3.8) is 0 Å². The molecule has 2 unspecified atom stereocenters. The van der Waals surface area contributed by atoms with Gasteiger partial charge in [0.2, 0.25) is 0 Å². The lowest BCUT2D eigenvalue weighted by atomic mass is 10.2. The van der Waals surface area contributed by atoms with E-state index in [9.17, 15) is 0 Å². The second kappa shape index (κ2) is 2.13. The zero-order chi connectivity index (χ0) is 6.97. The second-order valence-electron chi connectivity index (χ2n) is 2.82. The summed E-state index contributed by atoms with van der Waals surface area (Å²) in [7, 11) is 0. The van der Waals surface area contributed by atoms with Gasteiger partial charge in [0.1, 0.15) is 0 Å². The summed E-state index contributed by atoms with van der Waals surface area (Å²) in [6.45, 7) is 4.67. The lowest BCUT2D eigenvalue weighted by Crippen LogP contribution is -2.25. The largest absolute Gasteiger partial charge is 0.357 e. The van der Waals surface area contributed by atoms with Gasteiger partial charge in [-0.2, -0.15) is 0 Å². The van der Waals surface area contributed by atoms with Crippen molar-refractivity contribution < 1.29 is 0 Å². The van der Waals surface area contributed by atoms with Gasteiger partial charge in [-0.1, -0.05) is 12.2 Å². The Hall–Kier alpha value is -0.760. The monoisotopic (exact) mass is 136 g/mol. The van der Waals surface area contributed by atoms with Gasteiger partial charge < -0.3 is 4.90 Å². The Morgan fingerprint density at radius 2 is 2.70 bits per heavy atom. The number of hydrogen-bond donors (Lipinski definition) is 1. The van der Waals surface area contributed by atoms with E-state index >= 15 is 0 Å². The van der Waals surface area contributed by atoms with E-state index in [4.69, 9.17) is 0 Å². The van der Waals surface area contributed by atoms with Crippen LogP contribution in [0.15, 0.2) is 24.9 Å². The van der Waals surface area contributed by atoms with Crippen molar-refractivity contribution >= 4 is 0 Å². The van der Waals surface area contributed by atoms with Crippen molar-refractivity contribution in [2.75, 3.05) is 6.54 Å². The maximum Gasteiger partial charge on any atom is 0.0956 e. The van der Waals surface area contributed by atoms with Crippen molar-refractivity contribution in [3.05, 3.63) is 24.9 Å². The van der Waals surface area contributed by atoms with Gasteiger partial charge in [0.05, 0.1) is 6.17 Å². The minimum atomic E-state index is 0.614. The maximum absolute atomic E-state index is 3.70. The van der Waals surface area contributed by atoms with Crippen LogP contribution in [0.2, 0.25) is 0 Å². The molecular formula is C8H12N2. The average Bonchev–Trinajstić information content (AvgIpc) is 2.67. The molecule has 0 radical (unpaired) electrons. The number of fused-ring (bicyclic) bond motifs is 1. The molecule has 0 bridgehead atoms. The minimum absolute atomic E-state index is 0.614. The van der Waals surface area contributed by atoms with E-state index in [-0.39, 0.29) is 0 Å². The molecule has 0 aromatic carbocycles. The molecule has 0 amide bonds. The Bertz CT molecular complexity index is 174. The average molecular weight is 136 g/mol. The molecule has 1 N–H and O–H groups in total. The molecule has 2 atom stereocenters. The smallest absolute Gasteiger partial charge is 0.0956 e. The van der Waals surface area contributed by atoms with Crippen LogP contribution in [-0.2, 0) is 0 Å². The van der Waals surface area contributed by atoms with Crippen molar-refractivity contribution in [1.29, 1.82) is 0 Å². The highest BCUT2D eigenvalue weighted by Gasteiger charge is 2.40. The number of rotatable bonds is 2. The zero-order valence-corrected chi connectivity index (χ0v) is 5.96. The van der Waals surface area contributed by atoms with Crippen molar-refractivity contribution in [1.82, 2.24) is 10.2 Å². The molecule has 1 saturated heterocycles. The third-order valence-corrected chi connectivity index (χ3v) is 2.04. The summed E-state index contributed by atoms with van der Waals surface area (Å²) in [6.07, 6.45) is 8.11. The Kier molecular flexibility index (Phi) is 1.27. The van der Waals surface area contributed by atoms with E-state index in [0.29, 0.717) is 6.17 Å². The molecule has 0 aromatic heterocycles.